The number of amides is 1. The molecule has 0 spiro atoms. The largest absolute Gasteiger partial charge is 0.482 e. The first kappa shape index (κ1) is 17.5. The maximum Gasteiger partial charge on any atom is 0.262 e. The van der Waals surface area contributed by atoms with E-state index in [0.29, 0.717) is 17.1 Å². The summed E-state index contributed by atoms with van der Waals surface area (Å²) in [6.45, 7) is 1.85. The van der Waals surface area contributed by atoms with Crippen LogP contribution in [0.2, 0.25) is 0 Å². The van der Waals surface area contributed by atoms with Gasteiger partial charge in [-0.3, -0.25) is 9.52 Å². The van der Waals surface area contributed by atoms with Crippen molar-refractivity contribution in [3.8, 4) is 17.0 Å². The molecule has 0 aliphatic carbocycles. The van der Waals surface area contributed by atoms with Crippen LogP contribution in [0.4, 0.5) is 11.4 Å². The van der Waals surface area contributed by atoms with Crippen molar-refractivity contribution >= 4 is 38.6 Å². The van der Waals surface area contributed by atoms with Gasteiger partial charge in [0.2, 0.25) is 0 Å². The van der Waals surface area contributed by atoms with Crippen LogP contribution in [0.15, 0.2) is 52.7 Å². The lowest BCUT2D eigenvalue weighted by Crippen LogP contribution is -2.25. The van der Waals surface area contributed by atoms with Crippen molar-refractivity contribution < 1.29 is 17.9 Å². The minimum atomic E-state index is -3.81. The van der Waals surface area contributed by atoms with Crippen LogP contribution in [0.5, 0.6) is 5.75 Å². The average Bonchev–Trinajstić information content (AvgIpc) is 3.08. The fourth-order valence-electron chi connectivity index (χ4n) is 2.65. The number of nitrogens with one attached hydrogen (secondary N) is 2. The maximum atomic E-state index is 12.7. The number of hydrogen-bond acceptors (Lipinski definition) is 6. The number of nitrogens with zero attached hydrogens (tertiary/aromatic N) is 1. The summed E-state index contributed by atoms with van der Waals surface area (Å²) in [5, 5.41) is 5.53. The second-order valence-corrected chi connectivity index (χ2v) is 8.67. The molecule has 138 valence electrons. The van der Waals surface area contributed by atoms with E-state index in [2.05, 4.69) is 15.0 Å². The molecule has 0 fully saturated rings. The summed E-state index contributed by atoms with van der Waals surface area (Å²) in [5.41, 5.74) is 2.54. The molecule has 1 amide bonds. The molecule has 0 atom stereocenters. The van der Waals surface area contributed by atoms with Gasteiger partial charge in [0.15, 0.2) is 6.61 Å². The summed E-state index contributed by atoms with van der Waals surface area (Å²) in [4.78, 5) is 15.9. The third kappa shape index (κ3) is 3.64. The van der Waals surface area contributed by atoms with Gasteiger partial charge >= 0.3 is 0 Å². The summed E-state index contributed by atoms with van der Waals surface area (Å²) in [6, 6.07) is 11.3. The summed E-state index contributed by atoms with van der Waals surface area (Å²) < 4.78 is 33.1. The van der Waals surface area contributed by atoms with E-state index >= 15 is 0 Å². The van der Waals surface area contributed by atoms with E-state index in [-0.39, 0.29) is 17.4 Å². The lowest BCUT2D eigenvalue weighted by molar-refractivity contribution is -0.118. The molecule has 7 nitrogen and oxygen atoms in total. The Kier molecular flexibility index (Phi) is 4.33. The van der Waals surface area contributed by atoms with Gasteiger partial charge in [-0.25, -0.2) is 13.4 Å². The van der Waals surface area contributed by atoms with Crippen LogP contribution < -0.4 is 14.8 Å². The third-order valence-electron chi connectivity index (χ3n) is 3.95. The van der Waals surface area contributed by atoms with E-state index in [1.165, 1.54) is 18.2 Å². The number of ether oxygens (including phenoxy) is 1. The Hall–Kier alpha value is -2.91. The Balaban J connectivity index is 1.56. The van der Waals surface area contributed by atoms with E-state index < -0.39 is 10.0 Å². The predicted molar refractivity (Wildman–Crippen MR) is 104 cm³/mol. The fraction of sp³-hybridized carbons (Fsp3) is 0.111. The molecular formula is C18H15N3O4S2. The molecule has 1 aliphatic rings. The minimum Gasteiger partial charge on any atom is -0.482 e. The van der Waals surface area contributed by atoms with Crippen molar-refractivity contribution in [2.24, 2.45) is 0 Å². The van der Waals surface area contributed by atoms with E-state index in [1.54, 1.807) is 23.5 Å². The topological polar surface area (TPSA) is 97.4 Å². The lowest BCUT2D eigenvalue weighted by atomic mass is 10.1. The van der Waals surface area contributed by atoms with Crippen LogP contribution in [0.1, 0.15) is 5.01 Å². The fourth-order valence-corrected chi connectivity index (χ4v) is 4.35. The summed E-state index contributed by atoms with van der Waals surface area (Å²) in [6.07, 6.45) is 0. The zero-order valence-corrected chi connectivity index (χ0v) is 15.9. The molecule has 0 saturated heterocycles. The Labute approximate surface area is 160 Å². The van der Waals surface area contributed by atoms with Gasteiger partial charge in [0, 0.05) is 16.6 Å². The first-order valence-corrected chi connectivity index (χ1v) is 10.4. The number of benzene rings is 2. The van der Waals surface area contributed by atoms with E-state index in [1.807, 2.05) is 24.4 Å². The number of aryl methyl sites for hydroxylation is 1. The summed E-state index contributed by atoms with van der Waals surface area (Å²) >= 11 is 1.56. The van der Waals surface area contributed by atoms with Gasteiger partial charge in [-0.2, -0.15) is 0 Å². The number of fused-ring (bicyclic) bond motifs is 1. The van der Waals surface area contributed by atoms with E-state index in [9.17, 15) is 13.2 Å². The van der Waals surface area contributed by atoms with Gasteiger partial charge < -0.3 is 10.1 Å². The Morgan fingerprint density at radius 3 is 2.67 bits per heavy atom. The minimum absolute atomic E-state index is 0.0336. The standard InChI is InChI=1S/C18H15N3O4S2/c1-11-19-16(10-26-11)12-2-4-13(5-3-12)21-27(23,24)14-6-7-17-15(8-14)20-18(22)9-25-17/h2-8,10,21H,9H2,1H3,(H,20,22). The number of sulfonamides is 1. The molecule has 4 rings (SSSR count). The van der Waals surface area contributed by atoms with Crippen LogP contribution >= 0.6 is 11.3 Å². The highest BCUT2D eigenvalue weighted by atomic mass is 32.2. The molecule has 0 bridgehead atoms. The maximum absolute atomic E-state index is 12.7. The number of carbonyl (C=O) groups excluding carboxylic acids is 1. The van der Waals surface area contributed by atoms with Crippen LogP contribution in [-0.2, 0) is 14.8 Å². The van der Waals surface area contributed by atoms with Gasteiger partial charge in [0.25, 0.3) is 15.9 Å². The molecular weight excluding hydrogens is 386 g/mol. The zero-order valence-electron chi connectivity index (χ0n) is 14.2. The molecule has 0 radical (unpaired) electrons. The van der Waals surface area contributed by atoms with Crippen LogP contribution in [0.25, 0.3) is 11.3 Å². The second-order valence-electron chi connectivity index (χ2n) is 5.93. The number of rotatable bonds is 4. The van der Waals surface area contributed by atoms with Crippen molar-refractivity contribution in [2.45, 2.75) is 11.8 Å². The highest BCUT2D eigenvalue weighted by molar-refractivity contribution is 7.92. The Morgan fingerprint density at radius 1 is 1.19 bits per heavy atom. The van der Waals surface area contributed by atoms with Crippen molar-refractivity contribution in [1.29, 1.82) is 0 Å². The van der Waals surface area contributed by atoms with Gasteiger partial charge in [-0.1, -0.05) is 12.1 Å². The first-order chi connectivity index (χ1) is 12.9. The quantitative estimate of drug-likeness (QED) is 0.699. The molecule has 27 heavy (non-hydrogen) atoms. The zero-order chi connectivity index (χ0) is 19.0. The van der Waals surface area contributed by atoms with Gasteiger partial charge in [-0.15, -0.1) is 11.3 Å². The number of carbonyl (C=O) groups is 1. The third-order valence-corrected chi connectivity index (χ3v) is 6.10. The van der Waals surface area contributed by atoms with Gasteiger partial charge in [-0.05, 0) is 37.3 Å². The second kappa shape index (κ2) is 6.67. The van der Waals surface area contributed by atoms with Crippen LogP contribution in [0.3, 0.4) is 0 Å². The highest BCUT2D eigenvalue weighted by Gasteiger charge is 2.21. The molecule has 9 heteroatoms. The van der Waals surface area contributed by atoms with Gasteiger partial charge in [0.05, 0.1) is 21.3 Å². The molecule has 2 N–H and O–H groups in total. The number of hydrogen-bond donors (Lipinski definition) is 2. The normalized spacial score (nSPS) is 13.4. The monoisotopic (exact) mass is 401 g/mol. The van der Waals surface area contributed by atoms with Crippen molar-refractivity contribution in [3.05, 3.63) is 52.9 Å². The van der Waals surface area contributed by atoms with Gasteiger partial charge in [0.1, 0.15) is 5.75 Å². The highest BCUT2D eigenvalue weighted by Crippen LogP contribution is 2.31. The first-order valence-electron chi connectivity index (χ1n) is 8.03. The smallest absolute Gasteiger partial charge is 0.262 e. The Bertz CT molecular complexity index is 1120. The van der Waals surface area contributed by atoms with Crippen LogP contribution in [-0.4, -0.2) is 25.9 Å². The van der Waals surface area contributed by atoms with E-state index in [4.69, 9.17) is 4.74 Å². The summed E-state index contributed by atoms with van der Waals surface area (Å²) in [7, 11) is -3.81. The summed E-state index contributed by atoms with van der Waals surface area (Å²) in [5.74, 6) is 0.120. The molecule has 0 unspecified atom stereocenters. The molecule has 3 aromatic rings. The molecule has 1 aliphatic heterocycles. The number of anilines is 2. The van der Waals surface area contributed by atoms with Crippen molar-refractivity contribution in [2.75, 3.05) is 16.6 Å². The SMILES string of the molecule is Cc1nc(-c2ccc(NS(=O)(=O)c3ccc4c(c3)NC(=O)CO4)cc2)cs1. The molecule has 2 aromatic carbocycles. The Morgan fingerprint density at radius 2 is 1.96 bits per heavy atom. The average molecular weight is 401 g/mol. The van der Waals surface area contributed by atoms with Crippen LogP contribution in [0, 0.1) is 6.92 Å². The lowest BCUT2D eigenvalue weighted by Gasteiger charge is -2.18. The van der Waals surface area contributed by atoms with Crippen molar-refractivity contribution in [3.63, 3.8) is 0 Å². The molecule has 2 heterocycles. The predicted octanol–water partition coefficient (Wildman–Crippen LogP) is 3.25. The molecule has 1 aromatic heterocycles. The van der Waals surface area contributed by atoms with E-state index in [0.717, 1.165) is 16.3 Å². The molecule has 0 saturated carbocycles. The van der Waals surface area contributed by atoms with Crippen molar-refractivity contribution in [1.82, 2.24) is 4.98 Å². The number of thiazole rings is 1. The number of aromatic nitrogens is 1.